The first-order valence-electron chi connectivity index (χ1n) is 8.47. The van der Waals surface area contributed by atoms with Crippen LogP contribution in [0.3, 0.4) is 0 Å². The number of benzene rings is 1. The molecule has 1 aromatic heterocycles. The van der Waals surface area contributed by atoms with Crippen LogP contribution < -0.4 is 10.1 Å². The zero-order chi connectivity index (χ0) is 19.1. The molecule has 140 valence electrons. The Morgan fingerprint density at radius 1 is 1.27 bits per heavy atom. The highest BCUT2D eigenvalue weighted by Crippen LogP contribution is 2.25. The number of nitrogens with one attached hydrogen (secondary N) is 1. The van der Waals surface area contributed by atoms with Gasteiger partial charge in [-0.2, -0.15) is 0 Å². The Morgan fingerprint density at radius 3 is 2.50 bits per heavy atom. The lowest BCUT2D eigenvalue weighted by atomic mass is 9.99. The third kappa shape index (κ3) is 5.29. The van der Waals surface area contributed by atoms with Gasteiger partial charge >= 0.3 is 5.97 Å². The lowest BCUT2D eigenvalue weighted by Gasteiger charge is -2.21. The van der Waals surface area contributed by atoms with Crippen LogP contribution in [-0.4, -0.2) is 36.6 Å². The smallest absolute Gasteiger partial charge is 0.328 e. The van der Waals surface area contributed by atoms with Gasteiger partial charge in [-0.15, -0.1) is 11.3 Å². The van der Waals surface area contributed by atoms with Gasteiger partial charge in [-0.1, -0.05) is 20.3 Å². The molecule has 0 aliphatic carbocycles. The molecule has 26 heavy (non-hydrogen) atoms. The molecule has 0 unspecified atom stereocenters. The van der Waals surface area contributed by atoms with E-state index < -0.39 is 12.0 Å². The summed E-state index contributed by atoms with van der Waals surface area (Å²) < 4.78 is 10.3. The van der Waals surface area contributed by atoms with E-state index in [1.54, 1.807) is 23.5 Å². The Hall–Kier alpha value is -2.41. The fraction of sp³-hybridized carbons (Fsp3) is 0.421. The highest BCUT2D eigenvalue weighted by Gasteiger charge is 2.26. The Kier molecular flexibility index (Phi) is 7.15. The molecule has 1 amide bonds. The Balaban J connectivity index is 1.91. The van der Waals surface area contributed by atoms with Crippen LogP contribution >= 0.6 is 11.3 Å². The van der Waals surface area contributed by atoms with E-state index in [1.807, 2.05) is 38.3 Å². The maximum atomic E-state index is 12.1. The molecule has 0 aliphatic rings. The van der Waals surface area contributed by atoms with E-state index in [-0.39, 0.29) is 18.4 Å². The van der Waals surface area contributed by atoms with Crippen LogP contribution in [0.15, 0.2) is 29.6 Å². The van der Waals surface area contributed by atoms with E-state index in [2.05, 4.69) is 10.3 Å². The van der Waals surface area contributed by atoms with Gasteiger partial charge in [0.2, 0.25) is 0 Å². The summed E-state index contributed by atoms with van der Waals surface area (Å²) in [7, 11) is 1.31. The summed E-state index contributed by atoms with van der Waals surface area (Å²) in [5.41, 5.74) is 1.99. The van der Waals surface area contributed by atoms with E-state index in [4.69, 9.17) is 9.47 Å². The standard InChI is InChI=1S/C19H24N2O4S/c1-5-12(2)17(19(23)24-4)21-16(22)10-25-15-8-6-14(7-9-15)18-20-13(3)11-26-18/h6-9,11-12,17H,5,10H2,1-4H3,(H,21,22)/t12-,17+/m0/s1. The first-order valence-corrected chi connectivity index (χ1v) is 9.35. The molecule has 0 bridgehead atoms. The van der Waals surface area contributed by atoms with Crippen molar-refractivity contribution in [1.82, 2.24) is 10.3 Å². The molecule has 0 radical (unpaired) electrons. The van der Waals surface area contributed by atoms with Crippen LogP contribution in [0.5, 0.6) is 5.75 Å². The van der Waals surface area contributed by atoms with Crippen molar-refractivity contribution >= 4 is 23.2 Å². The molecule has 1 aromatic carbocycles. The average molecular weight is 376 g/mol. The lowest BCUT2D eigenvalue weighted by molar-refractivity contribution is -0.146. The molecule has 0 aliphatic heterocycles. The molecule has 2 aromatic rings. The van der Waals surface area contributed by atoms with Gasteiger partial charge in [-0.25, -0.2) is 9.78 Å². The Morgan fingerprint density at radius 2 is 1.96 bits per heavy atom. The second kappa shape index (κ2) is 9.33. The van der Waals surface area contributed by atoms with Crippen molar-refractivity contribution in [1.29, 1.82) is 0 Å². The van der Waals surface area contributed by atoms with E-state index in [0.29, 0.717) is 5.75 Å². The third-order valence-corrected chi connectivity index (χ3v) is 5.08. The summed E-state index contributed by atoms with van der Waals surface area (Å²) in [4.78, 5) is 28.4. The first-order chi connectivity index (χ1) is 12.4. The highest BCUT2D eigenvalue weighted by molar-refractivity contribution is 7.13. The number of nitrogens with zero attached hydrogens (tertiary/aromatic N) is 1. The fourth-order valence-corrected chi connectivity index (χ4v) is 3.14. The van der Waals surface area contributed by atoms with Crippen LogP contribution in [0.4, 0.5) is 0 Å². The molecular formula is C19H24N2O4S. The van der Waals surface area contributed by atoms with Gasteiger partial charge in [0.15, 0.2) is 6.61 Å². The van der Waals surface area contributed by atoms with Crippen molar-refractivity contribution in [3.05, 3.63) is 35.3 Å². The SMILES string of the molecule is CC[C@H](C)[C@@H](NC(=O)COc1ccc(-c2nc(C)cs2)cc1)C(=O)OC. The Bertz CT molecular complexity index is 742. The van der Waals surface area contributed by atoms with Crippen LogP contribution in [0.2, 0.25) is 0 Å². The molecule has 1 N–H and O–H groups in total. The molecule has 2 atom stereocenters. The van der Waals surface area contributed by atoms with Gasteiger partial charge < -0.3 is 14.8 Å². The molecule has 1 heterocycles. The molecule has 2 rings (SSSR count). The van der Waals surface area contributed by atoms with Crippen LogP contribution in [0.25, 0.3) is 10.6 Å². The van der Waals surface area contributed by atoms with Gasteiger partial charge in [0.1, 0.15) is 16.8 Å². The number of thiazole rings is 1. The minimum atomic E-state index is -0.670. The summed E-state index contributed by atoms with van der Waals surface area (Å²) >= 11 is 1.58. The van der Waals surface area contributed by atoms with Crippen molar-refractivity contribution in [2.24, 2.45) is 5.92 Å². The normalized spacial score (nSPS) is 12.9. The zero-order valence-corrected chi connectivity index (χ0v) is 16.3. The van der Waals surface area contributed by atoms with E-state index in [0.717, 1.165) is 22.7 Å². The second-order valence-electron chi connectivity index (χ2n) is 6.06. The number of aryl methyl sites for hydroxylation is 1. The minimum Gasteiger partial charge on any atom is -0.484 e. The predicted molar refractivity (Wildman–Crippen MR) is 101 cm³/mol. The lowest BCUT2D eigenvalue weighted by Crippen LogP contribution is -2.47. The Labute approximate surface area is 157 Å². The molecule has 0 saturated heterocycles. The van der Waals surface area contributed by atoms with Gasteiger partial charge in [0.25, 0.3) is 5.91 Å². The van der Waals surface area contributed by atoms with Crippen molar-refractivity contribution < 1.29 is 19.1 Å². The van der Waals surface area contributed by atoms with E-state index >= 15 is 0 Å². The zero-order valence-electron chi connectivity index (χ0n) is 15.4. The minimum absolute atomic E-state index is 0.0209. The molecule has 7 heteroatoms. The highest BCUT2D eigenvalue weighted by atomic mass is 32.1. The third-order valence-electron chi connectivity index (χ3n) is 4.07. The monoisotopic (exact) mass is 376 g/mol. The largest absolute Gasteiger partial charge is 0.484 e. The second-order valence-corrected chi connectivity index (χ2v) is 6.92. The number of ether oxygens (including phenoxy) is 2. The van der Waals surface area contributed by atoms with Gasteiger partial charge in [-0.3, -0.25) is 4.79 Å². The fourth-order valence-electron chi connectivity index (χ4n) is 2.34. The molecule has 0 fully saturated rings. The van der Waals surface area contributed by atoms with E-state index in [1.165, 1.54) is 7.11 Å². The number of rotatable bonds is 8. The number of esters is 1. The van der Waals surface area contributed by atoms with Crippen LogP contribution in [0, 0.1) is 12.8 Å². The van der Waals surface area contributed by atoms with Crippen molar-refractivity contribution in [3.63, 3.8) is 0 Å². The maximum Gasteiger partial charge on any atom is 0.328 e. The number of amides is 1. The average Bonchev–Trinajstić information content (AvgIpc) is 3.10. The number of hydrogen-bond donors (Lipinski definition) is 1. The number of carbonyl (C=O) groups is 2. The van der Waals surface area contributed by atoms with Crippen molar-refractivity contribution in [2.75, 3.05) is 13.7 Å². The van der Waals surface area contributed by atoms with Crippen molar-refractivity contribution in [3.8, 4) is 16.3 Å². The number of methoxy groups -OCH3 is 1. The quantitative estimate of drug-likeness (QED) is 0.716. The molecule has 6 nitrogen and oxygen atoms in total. The van der Waals surface area contributed by atoms with Crippen LogP contribution in [-0.2, 0) is 14.3 Å². The number of carbonyl (C=O) groups excluding carboxylic acids is 2. The summed E-state index contributed by atoms with van der Waals surface area (Å²) in [5.74, 6) is -0.251. The van der Waals surface area contributed by atoms with Crippen molar-refractivity contribution in [2.45, 2.75) is 33.2 Å². The summed E-state index contributed by atoms with van der Waals surface area (Å²) in [5, 5.41) is 5.63. The van der Waals surface area contributed by atoms with Gasteiger partial charge in [-0.05, 0) is 37.1 Å². The summed E-state index contributed by atoms with van der Waals surface area (Å²) in [6.45, 7) is 5.63. The molecule has 0 spiro atoms. The topological polar surface area (TPSA) is 77.5 Å². The number of hydrogen-bond acceptors (Lipinski definition) is 6. The van der Waals surface area contributed by atoms with Gasteiger partial charge in [0, 0.05) is 16.6 Å². The van der Waals surface area contributed by atoms with Crippen LogP contribution in [0.1, 0.15) is 26.0 Å². The molecule has 0 saturated carbocycles. The predicted octanol–water partition coefficient (Wildman–Crippen LogP) is 3.20. The molecular weight excluding hydrogens is 352 g/mol. The van der Waals surface area contributed by atoms with E-state index in [9.17, 15) is 9.59 Å². The maximum absolute atomic E-state index is 12.1. The summed E-state index contributed by atoms with van der Waals surface area (Å²) in [6.07, 6.45) is 0.749. The first kappa shape index (κ1) is 19.9. The number of aromatic nitrogens is 1. The van der Waals surface area contributed by atoms with Gasteiger partial charge in [0.05, 0.1) is 7.11 Å². The summed E-state index contributed by atoms with van der Waals surface area (Å²) in [6, 6.07) is 6.73.